The Balaban J connectivity index is 2.45. The summed E-state index contributed by atoms with van der Waals surface area (Å²) in [5, 5.41) is 3.59. The molecule has 112 valence electrons. The van der Waals surface area contributed by atoms with Gasteiger partial charge < -0.3 is 15.8 Å². The van der Waals surface area contributed by atoms with E-state index in [2.05, 4.69) is 5.32 Å². The van der Waals surface area contributed by atoms with Gasteiger partial charge in [-0.2, -0.15) is 0 Å². The fraction of sp³-hybridized carbons (Fsp3) is 0.333. The number of hydrogen-bond donors (Lipinski definition) is 2. The third-order valence-electron chi connectivity index (χ3n) is 3.24. The van der Waals surface area contributed by atoms with E-state index >= 15 is 0 Å². The minimum Gasteiger partial charge on any atom is -0.465 e. The first-order chi connectivity index (χ1) is 9.95. The summed E-state index contributed by atoms with van der Waals surface area (Å²) < 4.78 is 5.69. The maximum absolute atomic E-state index is 12.2. The van der Waals surface area contributed by atoms with Gasteiger partial charge in [-0.15, -0.1) is 11.3 Å². The van der Waals surface area contributed by atoms with Gasteiger partial charge in [0.1, 0.15) is 4.88 Å². The van der Waals surface area contributed by atoms with Crippen LogP contribution in [0.15, 0.2) is 24.3 Å². The number of carbonyl (C=O) groups excluding carboxylic acids is 2. The molecule has 0 saturated heterocycles. The Hall–Kier alpha value is -1.92. The topological polar surface area (TPSA) is 81.4 Å². The van der Waals surface area contributed by atoms with E-state index in [4.69, 9.17) is 10.5 Å². The molecule has 1 atom stereocenters. The molecule has 1 aromatic carbocycles. The van der Waals surface area contributed by atoms with Crippen molar-refractivity contribution in [2.24, 2.45) is 11.7 Å². The summed E-state index contributed by atoms with van der Waals surface area (Å²) >= 11 is 1.29. The minimum atomic E-state index is -0.630. The zero-order valence-corrected chi connectivity index (χ0v) is 13.0. The van der Waals surface area contributed by atoms with Crippen LogP contribution in [0.5, 0.6) is 0 Å². The number of thiophene rings is 1. The number of ether oxygens (including phenoxy) is 1. The van der Waals surface area contributed by atoms with E-state index in [-0.39, 0.29) is 11.8 Å². The Morgan fingerprint density at radius 1 is 1.29 bits per heavy atom. The first-order valence-electron chi connectivity index (χ1n) is 6.62. The Morgan fingerprint density at radius 2 is 1.95 bits per heavy atom. The Bertz CT molecular complexity index is 679. The number of fused-ring (bicyclic) bond motifs is 1. The van der Waals surface area contributed by atoms with Crippen LogP contribution in [-0.2, 0) is 9.53 Å². The van der Waals surface area contributed by atoms with Crippen LogP contribution >= 0.6 is 11.3 Å². The number of rotatable bonds is 4. The molecule has 1 heterocycles. The molecule has 0 spiro atoms. The smallest absolute Gasteiger partial charge is 0.350 e. The quantitative estimate of drug-likeness (QED) is 0.851. The molecule has 0 saturated carbocycles. The lowest BCUT2D eigenvalue weighted by molar-refractivity contribution is -0.118. The molecule has 5 nitrogen and oxygen atoms in total. The lowest BCUT2D eigenvalue weighted by atomic mass is 10.0. The van der Waals surface area contributed by atoms with Crippen molar-refractivity contribution in [1.29, 1.82) is 0 Å². The zero-order chi connectivity index (χ0) is 15.6. The first-order valence-corrected chi connectivity index (χ1v) is 7.43. The number of esters is 1. The Morgan fingerprint density at radius 3 is 2.57 bits per heavy atom. The maximum atomic E-state index is 12.2. The predicted octanol–water partition coefficient (Wildman–Crippen LogP) is 2.61. The van der Waals surface area contributed by atoms with E-state index in [0.717, 1.165) is 10.1 Å². The molecule has 0 aliphatic rings. The second kappa shape index (κ2) is 6.24. The fourth-order valence-corrected chi connectivity index (χ4v) is 2.99. The third kappa shape index (κ3) is 3.06. The second-order valence-electron chi connectivity index (χ2n) is 5.05. The van der Waals surface area contributed by atoms with Gasteiger partial charge in [0.2, 0.25) is 5.91 Å². The van der Waals surface area contributed by atoms with Gasteiger partial charge in [0.15, 0.2) is 0 Å². The Labute approximate surface area is 127 Å². The minimum absolute atomic E-state index is 0.0106. The monoisotopic (exact) mass is 306 g/mol. The normalized spacial score (nSPS) is 12.4. The van der Waals surface area contributed by atoms with Crippen molar-refractivity contribution in [3.05, 3.63) is 29.1 Å². The molecule has 6 heteroatoms. The standard InChI is InChI=1S/C15H18N2O3S/c1-8(2)11(16)14(18)17-12-9-6-4-5-7-10(9)21-13(12)15(19)20-3/h4-8,11H,16H2,1-3H3,(H,17,18). The van der Waals surface area contributed by atoms with Gasteiger partial charge in [-0.1, -0.05) is 32.0 Å². The highest BCUT2D eigenvalue weighted by molar-refractivity contribution is 7.21. The van der Waals surface area contributed by atoms with Crippen molar-refractivity contribution in [2.45, 2.75) is 19.9 Å². The molecule has 2 rings (SSSR count). The SMILES string of the molecule is COC(=O)c1sc2ccccc2c1NC(=O)C(N)C(C)C. The molecule has 21 heavy (non-hydrogen) atoms. The van der Waals surface area contributed by atoms with Crippen LogP contribution in [0.25, 0.3) is 10.1 Å². The third-order valence-corrected chi connectivity index (χ3v) is 4.39. The summed E-state index contributed by atoms with van der Waals surface area (Å²) in [5.74, 6) is -0.764. The number of hydrogen-bond acceptors (Lipinski definition) is 5. The van der Waals surface area contributed by atoms with Crippen LogP contribution in [0.4, 0.5) is 5.69 Å². The highest BCUT2D eigenvalue weighted by Gasteiger charge is 2.24. The van der Waals surface area contributed by atoms with Crippen LogP contribution in [0.2, 0.25) is 0 Å². The van der Waals surface area contributed by atoms with Gasteiger partial charge in [-0.3, -0.25) is 4.79 Å². The summed E-state index contributed by atoms with van der Waals surface area (Å²) in [6, 6.07) is 6.85. The van der Waals surface area contributed by atoms with Gasteiger partial charge >= 0.3 is 5.97 Å². The largest absolute Gasteiger partial charge is 0.465 e. The molecule has 0 aliphatic heterocycles. The lowest BCUT2D eigenvalue weighted by Gasteiger charge is -2.15. The summed E-state index contributed by atoms with van der Waals surface area (Å²) in [6.45, 7) is 3.74. The molecule has 1 aromatic heterocycles. The average molecular weight is 306 g/mol. The number of carbonyl (C=O) groups is 2. The van der Waals surface area contributed by atoms with Gasteiger partial charge in [0.05, 0.1) is 18.8 Å². The van der Waals surface area contributed by atoms with Crippen LogP contribution in [0.3, 0.4) is 0 Å². The lowest BCUT2D eigenvalue weighted by Crippen LogP contribution is -2.39. The first kappa shape index (κ1) is 15.5. The van der Waals surface area contributed by atoms with Crippen molar-refractivity contribution < 1.29 is 14.3 Å². The summed E-state index contributed by atoms with van der Waals surface area (Å²) in [6.07, 6.45) is 0. The van der Waals surface area contributed by atoms with Crippen LogP contribution in [0, 0.1) is 5.92 Å². The summed E-state index contributed by atoms with van der Waals surface area (Å²) in [7, 11) is 1.32. The molecule has 0 bridgehead atoms. The second-order valence-corrected chi connectivity index (χ2v) is 6.11. The van der Waals surface area contributed by atoms with Gasteiger partial charge in [-0.05, 0) is 12.0 Å². The van der Waals surface area contributed by atoms with Crippen molar-refractivity contribution >= 4 is 39.0 Å². The molecule has 1 amide bonds. The Kier molecular flexibility index (Phi) is 4.59. The molecule has 0 aliphatic carbocycles. The van der Waals surface area contributed by atoms with Gasteiger partial charge in [-0.25, -0.2) is 4.79 Å². The number of amides is 1. The van der Waals surface area contributed by atoms with Crippen molar-refractivity contribution in [3.63, 3.8) is 0 Å². The van der Waals surface area contributed by atoms with E-state index < -0.39 is 12.0 Å². The molecule has 1 unspecified atom stereocenters. The van der Waals surface area contributed by atoms with E-state index in [0.29, 0.717) is 10.6 Å². The summed E-state index contributed by atoms with van der Waals surface area (Å²) in [4.78, 5) is 24.4. The van der Waals surface area contributed by atoms with Crippen molar-refractivity contribution in [1.82, 2.24) is 0 Å². The molecular weight excluding hydrogens is 288 g/mol. The number of benzene rings is 1. The fourth-order valence-electron chi connectivity index (χ4n) is 1.92. The molecule has 3 N–H and O–H groups in total. The number of anilines is 1. The van der Waals surface area contributed by atoms with Crippen LogP contribution < -0.4 is 11.1 Å². The van der Waals surface area contributed by atoms with Gasteiger partial charge in [0.25, 0.3) is 0 Å². The predicted molar refractivity (Wildman–Crippen MR) is 84.6 cm³/mol. The van der Waals surface area contributed by atoms with E-state index in [1.807, 2.05) is 38.1 Å². The highest BCUT2D eigenvalue weighted by Crippen LogP contribution is 2.36. The highest BCUT2D eigenvalue weighted by atomic mass is 32.1. The number of nitrogens with two attached hydrogens (primary N) is 1. The van der Waals surface area contributed by atoms with Crippen LogP contribution in [-0.4, -0.2) is 25.0 Å². The summed E-state index contributed by atoms with van der Waals surface area (Å²) in [5.41, 5.74) is 6.33. The zero-order valence-electron chi connectivity index (χ0n) is 12.2. The van der Waals surface area contributed by atoms with Gasteiger partial charge in [0, 0.05) is 10.1 Å². The molecule has 2 aromatic rings. The molecular formula is C15H18N2O3S. The number of nitrogens with one attached hydrogen (secondary N) is 1. The molecule has 0 fully saturated rings. The van der Waals surface area contributed by atoms with Crippen molar-refractivity contribution in [2.75, 3.05) is 12.4 Å². The average Bonchev–Trinajstić information content (AvgIpc) is 2.84. The van der Waals surface area contributed by atoms with E-state index in [1.165, 1.54) is 18.4 Å². The van der Waals surface area contributed by atoms with E-state index in [1.54, 1.807) is 0 Å². The van der Waals surface area contributed by atoms with Crippen molar-refractivity contribution in [3.8, 4) is 0 Å². The maximum Gasteiger partial charge on any atom is 0.350 e. The van der Waals surface area contributed by atoms with E-state index in [9.17, 15) is 9.59 Å². The number of methoxy groups -OCH3 is 1. The molecule has 0 radical (unpaired) electrons. The van der Waals surface area contributed by atoms with Crippen LogP contribution in [0.1, 0.15) is 23.5 Å².